The van der Waals surface area contributed by atoms with Crippen molar-refractivity contribution in [3.8, 4) is 0 Å². The van der Waals surface area contributed by atoms with Crippen molar-refractivity contribution in [2.24, 2.45) is 0 Å². The minimum absolute atomic E-state index is 0.332. The van der Waals surface area contributed by atoms with Crippen molar-refractivity contribution in [2.75, 3.05) is 13.1 Å². The number of benzene rings is 1. The summed E-state index contributed by atoms with van der Waals surface area (Å²) < 4.78 is 1.28. The highest BCUT2D eigenvalue weighted by atomic mass is 15.3. The summed E-state index contributed by atoms with van der Waals surface area (Å²) in [6.45, 7) is 7.12. The number of para-hydroxylation sites is 1. The number of quaternary nitrogens is 1. The van der Waals surface area contributed by atoms with Crippen LogP contribution in [0, 0.1) is 0 Å². The Morgan fingerprint density at radius 1 is 1.08 bits per heavy atom. The minimum Gasteiger partial charge on any atom is -0.489 e. The molecular formula is C10H18BN. The van der Waals surface area contributed by atoms with Gasteiger partial charge in [-0.05, 0) is 26.0 Å². The molecule has 0 radical (unpaired) electrons. The first-order valence-corrected chi connectivity index (χ1v) is 4.18. The quantitative estimate of drug-likeness (QED) is 0.589. The highest BCUT2D eigenvalue weighted by molar-refractivity contribution is 6.13. The molecule has 0 aliphatic rings. The van der Waals surface area contributed by atoms with Crippen molar-refractivity contribution in [1.29, 1.82) is 0 Å². The Kier molecular flexibility index (Phi) is 2.93. The molecule has 12 heavy (non-hydrogen) atoms. The summed E-state index contributed by atoms with van der Waals surface area (Å²) >= 11 is 0. The van der Waals surface area contributed by atoms with Gasteiger partial charge in [-0.3, -0.25) is 0 Å². The largest absolute Gasteiger partial charge is 0.489 e. The Hall–Kier alpha value is -0.755. The number of hydrogen-bond donors (Lipinski definition) is 0. The van der Waals surface area contributed by atoms with Crippen molar-refractivity contribution < 1.29 is 0 Å². The second-order valence-corrected chi connectivity index (χ2v) is 2.51. The third-order valence-electron chi connectivity index (χ3n) is 1.88. The molecule has 0 amide bonds. The molecule has 0 bridgehead atoms. The Bertz CT molecular complexity index is 229. The highest BCUT2D eigenvalue weighted by Crippen LogP contribution is 2.18. The van der Waals surface area contributed by atoms with Gasteiger partial charge in [0.25, 0.3) is 0 Å². The van der Waals surface area contributed by atoms with Crippen LogP contribution in [0.4, 0.5) is 5.69 Å². The first-order valence-electron chi connectivity index (χ1n) is 4.18. The molecule has 2 heteroatoms. The predicted molar refractivity (Wildman–Crippen MR) is 59.3 cm³/mol. The molecule has 0 saturated carbocycles. The van der Waals surface area contributed by atoms with E-state index in [1.54, 1.807) is 0 Å². The van der Waals surface area contributed by atoms with Crippen molar-refractivity contribution >= 4 is 13.7 Å². The average molecular weight is 163 g/mol. The van der Waals surface area contributed by atoms with Crippen LogP contribution >= 0.6 is 0 Å². The zero-order valence-corrected chi connectivity index (χ0v) is 7.25. The Morgan fingerprint density at radius 3 is 2.00 bits per heavy atom. The molecule has 0 aromatic heterocycles. The molecule has 0 fully saturated rings. The van der Waals surface area contributed by atoms with Crippen LogP contribution in [0.15, 0.2) is 30.3 Å². The predicted octanol–water partition coefficient (Wildman–Crippen LogP) is 1.31. The molecule has 0 spiro atoms. The van der Waals surface area contributed by atoms with E-state index in [0.717, 1.165) is 0 Å². The summed E-state index contributed by atoms with van der Waals surface area (Å²) in [5, 5.41) is 0. The van der Waals surface area contributed by atoms with Crippen LogP contribution in [0.25, 0.3) is 0 Å². The summed E-state index contributed by atoms with van der Waals surface area (Å²) in [5.74, 6) is 0. The lowest BCUT2D eigenvalue weighted by atomic mass is 10.1. The first kappa shape index (κ1) is 9.33. The van der Waals surface area contributed by atoms with E-state index in [9.17, 15) is 0 Å². The average Bonchev–Trinajstić information content (AvgIpc) is 2.18. The molecule has 66 valence electrons. The van der Waals surface area contributed by atoms with E-state index < -0.39 is 0 Å². The van der Waals surface area contributed by atoms with Crippen molar-refractivity contribution in [2.45, 2.75) is 13.8 Å². The van der Waals surface area contributed by atoms with Gasteiger partial charge in [0.05, 0.1) is 5.69 Å². The summed E-state index contributed by atoms with van der Waals surface area (Å²) in [5.41, 5.74) is 1.52. The Balaban J connectivity index is 2.95. The molecule has 0 heterocycles. The molecule has 0 N–H and O–H groups in total. The van der Waals surface area contributed by atoms with Crippen LogP contribution in [0.3, 0.4) is 0 Å². The van der Waals surface area contributed by atoms with Gasteiger partial charge in [-0.2, -0.15) is 0 Å². The fourth-order valence-corrected chi connectivity index (χ4v) is 1.23. The second-order valence-electron chi connectivity index (χ2n) is 2.51. The monoisotopic (exact) mass is 163 g/mol. The minimum atomic E-state index is 0.332. The zero-order chi connectivity index (χ0) is 9.03. The van der Waals surface area contributed by atoms with Gasteiger partial charge in [-0.15, -0.1) is 0 Å². The van der Waals surface area contributed by atoms with Crippen LogP contribution in [0.2, 0.25) is 0 Å². The van der Waals surface area contributed by atoms with E-state index in [2.05, 4.69) is 44.2 Å². The zero-order valence-electron chi connectivity index (χ0n) is 7.25. The van der Waals surface area contributed by atoms with Crippen LogP contribution in [0.5, 0.6) is 0 Å². The van der Waals surface area contributed by atoms with E-state index >= 15 is 0 Å². The smallest absolute Gasteiger partial charge is 0.173 e. The Labute approximate surface area is 76.0 Å². The fraction of sp³-hybridized carbons (Fsp3) is 0.400. The highest BCUT2D eigenvalue weighted by Gasteiger charge is 2.11. The Morgan fingerprint density at radius 2 is 1.58 bits per heavy atom. The number of rotatable bonds is 3. The summed E-state index contributed by atoms with van der Waals surface area (Å²) in [4.78, 5) is 0. The molecule has 0 aliphatic carbocycles. The standard InChI is InChI=1S/C10H18BN/c1-3-12(11,4-2)10-8-6-5-7-9-10/h5-9H,3-4H2,1-2,11H3. The van der Waals surface area contributed by atoms with Crippen LogP contribution < -0.4 is 4.39 Å². The molecule has 0 unspecified atom stereocenters. The summed E-state index contributed by atoms with van der Waals surface area (Å²) in [6, 6.07) is 10.9. The van der Waals surface area contributed by atoms with E-state index in [0.29, 0.717) is 7.98 Å². The van der Waals surface area contributed by atoms with Gasteiger partial charge in [0.1, 0.15) is 0 Å². The molecule has 0 aliphatic heterocycles. The molecule has 1 aromatic carbocycles. The van der Waals surface area contributed by atoms with Crippen molar-refractivity contribution in [3.05, 3.63) is 30.3 Å². The van der Waals surface area contributed by atoms with Crippen LogP contribution in [0.1, 0.15) is 13.8 Å². The van der Waals surface area contributed by atoms with Crippen LogP contribution in [-0.2, 0) is 0 Å². The third kappa shape index (κ3) is 1.70. The summed E-state index contributed by atoms with van der Waals surface area (Å²) in [6.07, 6.45) is 0. The lowest BCUT2D eigenvalue weighted by Gasteiger charge is -2.41. The SMILES string of the molecule is [BH3-][N+](CC)(CC)c1ccccc1. The van der Waals surface area contributed by atoms with Crippen molar-refractivity contribution in [1.82, 2.24) is 4.39 Å². The number of nitrogens with zero attached hydrogens (tertiary/aromatic N) is 1. The molecule has 0 saturated heterocycles. The van der Waals surface area contributed by atoms with Gasteiger partial charge in [0.2, 0.25) is 0 Å². The third-order valence-corrected chi connectivity index (χ3v) is 1.88. The van der Waals surface area contributed by atoms with E-state index in [-0.39, 0.29) is 0 Å². The normalized spacial score (nSPS) is 11.6. The van der Waals surface area contributed by atoms with E-state index in [4.69, 9.17) is 0 Å². The lowest BCUT2D eigenvalue weighted by molar-refractivity contribution is 0.489. The molecule has 1 aromatic rings. The van der Waals surface area contributed by atoms with Gasteiger partial charge < -0.3 is 4.39 Å². The lowest BCUT2D eigenvalue weighted by Crippen LogP contribution is -2.46. The van der Waals surface area contributed by atoms with Crippen LogP contribution in [-0.4, -0.2) is 21.1 Å². The maximum absolute atomic E-state index is 2.30. The maximum Gasteiger partial charge on any atom is 0.173 e. The summed E-state index contributed by atoms with van der Waals surface area (Å²) in [7, 11) is 0.332. The van der Waals surface area contributed by atoms with Gasteiger partial charge >= 0.3 is 0 Å². The van der Waals surface area contributed by atoms with Crippen molar-refractivity contribution in [3.63, 3.8) is 0 Å². The second kappa shape index (κ2) is 3.77. The van der Waals surface area contributed by atoms with Gasteiger partial charge in [-0.1, -0.05) is 18.2 Å². The topological polar surface area (TPSA) is 0 Å². The molecule has 0 atom stereocenters. The molecular weight excluding hydrogens is 145 g/mol. The molecule has 1 nitrogen and oxygen atoms in total. The van der Waals surface area contributed by atoms with Gasteiger partial charge in [-0.25, -0.2) is 0 Å². The van der Waals surface area contributed by atoms with E-state index in [1.165, 1.54) is 23.2 Å². The van der Waals surface area contributed by atoms with Gasteiger partial charge in [0, 0.05) is 13.1 Å². The number of hydrogen-bond acceptors (Lipinski definition) is 0. The fourth-order valence-electron chi connectivity index (χ4n) is 1.23. The molecule has 1 rings (SSSR count). The maximum atomic E-state index is 2.30. The van der Waals surface area contributed by atoms with E-state index in [1.807, 2.05) is 0 Å². The van der Waals surface area contributed by atoms with Gasteiger partial charge in [0.15, 0.2) is 7.98 Å². The first-order chi connectivity index (χ1) is 5.73.